The second-order valence-corrected chi connectivity index (χ2v) is 4.71. The van der Waals surface area contributed by atoms with E-state index in [4.69, 9.17) is 14.9 Å². The quantitative estimate of drug-likeness (QED) is 0.856. The maximum absolute atomic E-state index is 12.2. The molecule has 1 heterocycles. The van der Waals surface area contributed by atoms with Gasteiger partial charge in [0.05, 0.1) is 25.3 Å². The van der Waals surface area contributed by atoms with Crippen LogP contribution in [0.5, 0.6) is 5.75 Å². The van der Waals surface area contributed by atoms with Gasteiger partial charge in [0.25, 0.3) is 5.91 Å². The van der Waals surface area contributed by atoms with Crippen LogP contribution >= 0.6 is 0 Å². The van der Waals surface area contributed by atoms with Crippen LogP contribution in [-0.2, 0) is 6.54 Å². The largest absolute Gasteiger partial charge is 0.497 e. The van der Waals surface area contributed by atoms with Gasteiger partial charge in [0.1, 0.15) is 17.8 Å². The number of nitrogens with two attached hydrogens (primary N) is 1. The smallest absolute Gasteiger partial charge is 0.255 e. The normalized spacial score (nSPS) is 12.0. The van der Waals surface area contributed by atoms with Crippen molar-refractivity contribution in [3.8, 4) is 5.75 Å². The predicted molar refractivity (Wildman–Crippen MR) is 80.1 cm³/mol. The lowest BCUT2D eigenvalue weighted by atomic mass is 10.0. The van der Waals surface area contributed by atoms with Crippen LogP contribution in [0.2, 0.25) is 0 Å². The van der Waals surface area contributed by atoms with E-state index in [2.05, 4.69) is 5.32 Å². The maximum atomic E-state index is 12.2. The number of hydrogen-bond donors (Lipinski definition) is 2. The van der Waals surface area contributed by atoms with Crippen LogP contribution in [0.15, 0.2) is 41.0 Å². The molecule has 0 fully saturated rings. The highest BCUT2D eigenvalue weighted by atomic mass is 16.5. The van der Waals surface area contributed by atoms with Gasteiger partial charge in [-0.25, -0.2) is 0 Å². The van der Waals surface area contributed by atoms with Crippen molar-refractivity contribution in [2.24, 2.45) is 5.73 Å². The highest BCUT2D eigenvalue weighted by molar-refractivity contribution is 5.94. The molecular weight excluding hydrogens is 268 g/mol. The molecule has 1 aromatic carbocycles. The van der Waals surface area contributed by atoms with Crippen LogP contribution in [0, 0.1) is 0 Å². The fourth-order valence-electron chi connectivity index (χ4n) is 2.11. The Morgan fingerprint density at radius 3 is 2.62 bits per heavy atom. The van der Waals surface area contributed by atoms with E-state index in [-0.39, 0.29) is 18.5 Å². The summed E-state index contributed by atoms with van der Waals surface area (Å²) in [4.78, 5) is 12.2. The lowest BCUT2D eigenvalue weighted by Gasteiger charge is -2.17. The molecule has 1 amide bonds. The minimum absolute atomic E-state index is 0.0559. The molecule has 0 aliphatic heterocycles. The molecule has 2 rings (SSSR count). The maximum Gasteiger partial charge on any atom is 0.255 e. The monoisotopic (exact) mass is 288 g/mol. The van der Waals surface area contributed by atoms with Gasteiger partial charge < -0.3 is 20.2 Å². The molecule has 5 heteroatoms. The molecule has 3 N–H and O–H groups in total. The number of nitrogens with one attached hydrogen (secondary N) is 1. The fourth-order valence-corrected chi connectivity index (χ4v) is 2.11. The summed E-state index contributed by atoms with van der Waals surface area (Å²) < 4.78 is 10.3. The molecule has 1 aromatic heterocycles. The van der Waals surface area contributed by atoms with Crippen molar-refractivity contribution >= 4 is 5.91 Å². The summed E-state index contributed by atoms with van der Waals surface area (Å²) in [6.45, 7) is 2.30. The Morgan fingerprint density at radius 1 is 1.38 bits per heavy atom. The number of carbonyl (C=O) groups is 1. The van der Waals surface area contributed by atoms with Crippen LogP contribution in [-0.4, -0.2) is 13.0 Å². The number of ether oxygens (including phenoxy) is 1. The summed E-state index contributed by atoms with van der Waals surface area (Å²) in [5.74, 6) is 1.22. The zero-order valence-electron chi connectivity index (χ0n) is 12.3. The lowest BCUT2D eigenvalue weighted by molar-refractivity contribution is 0.0935. The molecule has 0 bridgehead atoms. The van der Waals surface area contributed by atoms with Crippen LogP contribution in [0.1, 0.15) is 41.1 Å². The third-order valence-corrected chi connectivity index (χ3v) is 3.35. The Kier molecular flexibility index (Phi) is 5.00. The molecule has 0 aliphatic rings. The lowest BCUT2D eigenvalue weighted by Crippen LogP contribution is -2.27. The highest BCUT2D eigenvalue weighted by Crippen LogP contribution is 2.21. The van der Waals surface area contributed by atoms with Crippen LogP contribution in [0.4, 0.5) is 0 Å². The molecule has 1 unspecified atom stereocenters. The molecule has 112 valence electrons. The molecule has 21 heavy (non-hydrogen) atoms. The number of amides is 1. The first-order valence-corrected chi connectivity index (χ1v) is 6.90. The predicted octanol–water partition coefficient (Wildman–Crippen LogP) is 2.63. The molecule has 1 atom stereocenters. The standard InChI is InChI=1S/C16H20N2O3/c1-3-15(11-4-6-13(20-2)7-5-11)18-16(19)12-8-14(9-17)21-10-12/h4-8,10,15H,3,9,17H2,1-2H3,(H,18,19). The van der Waals surface area contributed by atoms with E-state index in [1.807, 2.05) is 31.2 Å². The number of methoxy groups -OCH3 is 1. The van der Waals surface area contributed by atoms with Crippen molar-refractivity contribution in [2.75, 3.05) is 7.11 Å². The van der Waals surface area contributed by atoms with Crippen molar-refractivity contribution in [2.45, 2.75) is 25.9 Å². The minimum Gasteiger partial charge on any atom is -0.497 e. The molecule has 0 radical (unpaired) electrons. The van der Waals surface area contributed by atoms with E-state index < -0.39 is 0 Å². The minimum atomic E-state index is -0.166. The van der Waals surface area contributed by atoms with E-state index in [1.54, 1.807) is 13.2 Å². The van der Waals surface area contributed by atoms with Gasteiger partial charge in [0, 0.05) is 0 Å². The average Bonchev–Trinajstić information content (AvgIpc) is 3.01. The van der Waals surface area contributed by atoms with Crippen molar-refractivity contribution in [3.63, 3.8) is 0 Å². The summed E-state index contributed by atoms with van der Waals surface area (Å²) in [6.07, 6.45) is 2.22. The summed E-state index contributed by atoms with van der Waals surface area (Å²) in [6, 6.07) is 9.28. The number of rotatable bonds is 6. The van der Waals surface area contributed by atoms with Crippen molar-refractivity contribution in [1.29, 1.82) is 0 Å². The number of benzene rings is 1. The van der Waals surface area contributed by atoms with Gasteiger partial charge >= 0.3 is 0 Å². The Balaban J connectivity index is 2.08. The van der Waals surface area contributed by atoms with Gasteiger partial charge in [0.2, 0.25) is 0 Å². The third kappa shape index (κ3) is 3.64. The zero-order chi connectivity index (χ0) is 15.2. The van der Waals surface area contributed by atoms with E-state index in [1.165, 1.54) is 6.26 Å². The molecule has 2 aromatic rings. The van der Waals surface area contributed by atoms with Crippen molar-refractivity contribution in [1.82, 2.24) is 5.32 Å². The summed E-state index contributed by atoms with van der Waals surface area (Å²) >= 11 is 0. The van der Waals surface area contributed by atoms with E-state index in [0.29, 0.717) is 11.3 Å². The van der Waals surface area contributed by atoms with Gasteiger partial charge in [-0.05, 0) is 30.2 Å². The van der Waals surface area contributed by atoms with Gasteiger partial charge in [-0.2, -0.15) is 0 Å². The van der Waals surface area contributed by atoms with Gasteiger partial charge in [-0.1, -0.05) is 19.1 Å². The Morgan fingerprint density at radius 2 is 2.10 bits per heavy atom. The molecule has 0 spiro atoms. The highest BCUT2D eigenvalue weighted by Gasteiger charge is 2.16. The molecule has 0 aliphatic carbocycles. The van der Waals surface area contributed by atoms with Gasteiger partial charge in [0.15, 0.2) is 0 Å². The SMILES string of the molecule is CCC(NC(=O)c1coc(CN)c1)c1ccc(OC)cc1. The van der Waals surface area contributed by atoms with E-state index in [9.17, 15) is 4.79 Å². The van der Waals surface area contributed by atoms with E-state index in [0.717, 1.165) is 17.7 Å². The summed E-state index contributed by atoms with van der Waals surface area (Å²) in [7, 11) is 1.63. The first-order valence-electron chi connectivity index (χ1n) is 6.90. The topological polar surface area (TPSA) is 77.5 Å². The van der Waals surface area contributed by atoms with Gasteiger partial charge in [-0.3, -0.25) is 4.79 Å². The van der Waals surface area contributed by atoms with E-state index >= 15 is 0 Å². The molecule has 0 saturated heterocycles. The average molecular weight is 288 g/mol. The number of furan rings is 1. The van der Waals surface area contributed by atoms with Crippen LogP contribution in [0.25, 0.3) is 0 Å². The van der Waals surface area contributed by atoms with Crippen LogP contribution < -0.4 is 15.8 Å². The molecule has 5 nitrogen and oxygen atoms in total. The van der Waals surface area contributed by atoms with Crippen LogP contribution in [0.3, 0.4) is 0 Å². The zero-order valence-corrected chi connectivity index (χ0v) is 12.3. The first-order chi connectivity index (χ1) is 10.2. The fraction of sp³-hybridized carbons (Fsp3) is 0.312. The molecule has 0 saturated carbocycles. The number of hydrogen-bond acceptors (Lipinski definition) is 4. The Hall–Kier alpha value is -2.27. The second kappa shape index (κ2) is 6.95. The Bertz CT molecular complexity index is 590. The number of carbonyl (C=O) groups excluding carboxylic acids is 1. The van der Waals surface area contributed by atoms with Crippen molar-refractivity contribution < 1.29 is 13.9 Å². The first kappa shape index (κ1) is 15.1. The second-order valence-electron chi connectivity index (χ2n) is 4.71. The Labute approximate surface area is 124 Å². The summed E-state index contributed by atoms with van der Waals surface area (Å²) in [5.41, 5.74) is 7.00. The third-order valence-electron chi connectivity index (χ3n) is 3.35. The molecular formula is C16H20N2O3. The summed E-state index contributed by atoms with van der Waals surface area (Å²) in [5, 5.41) is 2.99. The van der Waals surface area contributed by atoms with Gasteiger partial charge in [-0.15, -0.1) is 0 Å². The van der Waals surface area contributed by atoms with Crippen molar-refractivity contribution in [3.05, 3.63) is 53.5 Å².